The molecule has 0 radical (unpaired) electrons. The molecule has 1 N–H and O–H groups in total. The van der Waals surface area contributed by atoms with Gasteiger partial charge in [0.15, 0.2) is 0 Å². The van der Waals surface area contributed by atoms with Crippen LogP contribution in [0.1, 0.15) is 19.4 Å². The minimum atomic E-state index is -0.430. The predicted molar refractivity (Wildman–Crippen MR) is 64.2 cm³/mol. The van der Waals surface area contributed by atoms with E-state index in [0.717, 1.165) is 5.56 Å². The average Bonchev–Trinajstić information content (AvgIpc) is 2.29. The monoisotopic (exact) mass is 233 g/mol. The van der Waals surface area contributed by atoms with Gasteiger partial charge in [-0.1, -0.05) is 12.1 Å². The molecule has 0 saturated heterocycles. The molecule has 0 heterocycles. The highest BCUT2D eigenvalue weighted by Gasteiger charge is 2.15. The van der Waals surface area contributed by atoms with Crippen LogP contribution in [-0.2, 0) is 6.54 Å². The van der Waals surface area contributed by atoms with Gasteiger partial charge in [0.05, 0.1) is 16.4 Å². The minimum Gasteiger partial charge on any atom is -0.311 e. The van der Waals surface area contributed by atoms with Crippen LogP contribution < -0.4 is 5.32 Å². The number of nitro benzene ring substituents is 1. The van der Waals surface area contributed by atoms with Gasteiger partial charge in [0.2, 0.25) is 0 Å². The SMILES string of the molecule is CC(C)(C#N)CNCc1cccc([N+](=O)[O-])c1. The van der Waals surface area contributed by atoms with Crippen LogP contribution in [0, 0.1) is 26.9 Å². The molecule has 0 aliphatic carbocycles. The minimum absolute atomic E-state index is 0.0869. The Morgan fingerprint density at radius 3 is 2.82 bits per heavy atom. The topological polar surface area (TPSA) is 79.0 Å². The molecule has 1 aromatic carbocycles. The lowest BCUT2D eigenvalue weighted by Gasteiger charge is -2.15. The van der Waals surface area contributed by atoms with Crippen molar-refractivity contribution in [3.05, 3.63) is 39.9 Å². The third-order valence-electron chi connectivity index (χ3n) is 2.32. The standard InChI is InChI=1S/C12H15N3O2/c1-12(2,8-13)9-14-7-10-4-3-5-11(6-10)15(16)17/h3-6,14H,7,9H2,1-2H3. The van der Waals surface area contributed by atoms with Gasteiger partial charge in [-0.25, -0.2) is 0 Å². The highest BCUT2D eigenvalue weighted by molar-refractivity contribution is 5.34. The quantitative estimate of drug-likeness (QED) is 0.624. The van der Waals surface area contributed by atoms with Crippen molar-refractivity contribution in [3.8, 4) is 6.07 Å². The summed E-state index contributed by atoms with van der Waals surface area (Å²) < 4.78 is 0. The second kappa shape index (κ2) is 5.41. The molecular weight excluding hydrogens is 218 g/mol. The highest BCUT2D eigenvalue weighted by Crippen LogP contribution is 2.14. The van der Waals surface area contributed by atoms with Crippen molar-refractivity contribution in [1.82, 2.24) is 5.32 Å². The molecule has 5 heteroatoms. The summed E-state index contributed by atoms with van der Waals surface area (Å²) in [6.45, 7) is 4.75. The van der Waals surface area contributed by atoms with Crippen LogP contribution in [0.2, 0.25) is 0 Å². The van der Waals surface area contributed by atoms with Crippen molar-refractivity contribution in [2.75, 3.05) is 6.54 Å². The van der Waals surface area contributed by atoms with E-state index < -0.39 is 10.3 Å². The Hall–Kier alpha value is -1.93. The second-order valence-electron chi connectivity index (χ2n) is 4.53. The lowest BCUT2D eigenvalue weighted by Crippen LogP contribution is -2.27. The van der Waals surface area contributed by atoms with E-state index in [9.17, 15) is 10.1 Å². The Morgan fingerprint density at radius 1 is 1.53 bits per heavy atom. The zero-order valence-electron chi connectivity index (χ0n) is 9.93. The fourth-order valence-corrected chi connectivity index (χ4v) is 1.34. The first-order valence-corrected chi connectivity index (χ1v) is 5.30. The highest BCUT2D eigenvalue weighted by atomic mass is 16.6. The van der Waals surface area contributed by atoms with Crippen molar-refractivity contribution in [3.63, 3.8) is 0 Å². The van der Waals surface area contributed by atoms with Gasteiger partial charge in [0.1, 0.15) is 0 Å². The first-order valence-electron chi connectivity index (χ1n) is 5.30. The third kappa shape index (κ3) is 4.21. The number of non-ortho nitro benzene ring substituents is 1. The van der Waals surface area contributed by atoms with Gasteiger partial charge in [-0.15, -0.1) is 0 Å². The van der Waals surface area contributed by atoms with Gasteiger partial charge >= 0.3 is 0 Å². The maximum atomic E-state index is 10.6. The van der Waals surface area contributed by atoms with Gasteiger partial charge in [-0.3, -0.25) is 10.1 Å². The van der Waals surface area contributed by atoms with Crippen molar-refractivity contribution in [1.29, 1.82) is 5.26 Å². The Morgan fingerprint density at radius 2 is 2.24 bits per heavy atom. The number of hydrogen-bond donors (Lipinski definition) is 1. The number of rotatable bonds is 5. The summed E-state index contributed by atoms with van der Waals surface area (Å²) in [6.07, 6.45) is 0. The molecule has 0 atom stereocenters. The largest absolute Gasteiger partial charge is 0.311 e. The smallest absolute Gasteiger partial charge is 0.269 e. The molecular formula is C12H15N3O2. The van der Waals surface area contributed by atoms with E-state index in [1.807, 2.05) is 19.9 Å². The predicted octanol–water partition coefficient (Wildman–Crippen LogP) is 2.23. The Balaban J connectivity index is 2.56. The maximum absolute atomic E-state index is 10.6. The molecule has 0 aromatic heterocycles. The summed E-state index contributed by atoms with van der Waals surface area (Å²) in [5.41, 5.74) is 0.498. The Kier molecular flexibility index (Phi) is 4.18. The lowest BCUT2D eigenvalue weighted by molar-refractivity contribution is -0.384. The number of benzene rings is 1. The first kappa shape index (κ1) is 13.1. The molecule has 0 aliphatic rings. The molecule has 1 aromatic rings. The molecule has 90 valence electrons. The third-order valence-corrected chi connectivity index (χ3v) is 2.32. The maximum Gasteiger partial charge on any atom is 0.269 e. The Labute approximate surface area is 100 Å². The van der Waals surface area contributed by atoms with Crippen molar-refractivity contribution < 1.29 is 4.92 Å². The van der Waals surface area contributed by atoms with Crippen LogP contribution in [0.25, 0.3) is 0 Å². The van der Waals surface area contributed by atoms with Crippen molar-refractivity contribution >= 4 is 5.69 Å². The molecule has 0 spiro atoms. The van der Waals surface area contributed by atoms with Gasteiger partial charge < -0.3 is 5.32 Å². The number of nitrogens with zero attached hydrogens (tertiary/aromatic N) is 2. The average molecular weight is 233 g/mol. The summed E-state index contributed by atoms with van der Waals surface area (Å²) in [6, 6.07) is 8.66. The van der Waals surface area contributed by atoms with Gasteiger partial charge in [0, 0.05) is 25.2 Å². The fraction of sp³-hybridized carbons (Fsp3) is 0.417. The van der Waals surface area contributed by atoms with Crippen LogP contribution >= 0.6 is 0 Å². The lowest BCUT2D eigenvalue weighted by atomic mass is 9.96. The van der Waals surface area contributed by atoms with Crippen LogP contribution in [0.4, 0.5) is 5.69 Å². The number of nitriles is 1. The zero-order chi connectivity index (χ0) is 12.9. The van der Waals surface area contributed by atoms with Crippen LogP contribution in [-0.4, -0.2) is 11.5 Å². The van der Waals surface area contributed by atoms with E-state index in [4.69, 9.17) is 5.26 Å². The molecule has 0 amide bonds. The summed E-state index contributed by atoms with van der Waals surface area (Å²) >= 11 is 0. The Bertz CT molecular complexity index is 449. The van der Waals surface area contributed by atoms with E-state index in [2.05, 4.69) is 11.4 Å². The fourth-order valence-electron chi connectivity index (χ4n) is 1.34. The summed E-state index contributed by atoms with van der Waals surface area (Å²) in [7, 11) is 0. The molecule has 0 aliphatic heterocycles. The van der Waals surface area contributed by atoms with Crippen molar-refractivity contribution in [2.24, 2.45) is 5.41 Å². The molecule has 0 bridgehead atoms. The van der Waals surface area contributed by atoms with E-state index in [0.29, 0.717) is 13.1 Å². The summed E-state index contributed by atoms with van der Waals surface area (Å²) in [5.74, 6) is 0. The molecule has 1 rings (SSSR count). The molecule has 5 nitrogen and oxygen atoms in total. The number of hydrogen-bond acceptors (Lipinski definition) is 4. The van der Waals surface area contributed by atoms with Crippen LogP contribution in [0.3, 0.4) is 0 Å². The van der Waals surface area contributed by atoms with E-state index in [1.54, 1.807) is 6.07 Å². The van der Waals surface area contributed by atoms with E-state index >= 15 is 0 Å². The second-order valence-corrected chi connectivity index (χ2v) is 4.53. The van der Waals surface area contributed by atoms with Crippen LogP contribution in [0.5, 0.6) is 0 Å². The number of nitro groups is 1. The summed E-state index contributed by atoms with van der Waals surface area (Å²) in [5, 5.41) is 22.5. The van der Waals surface area contributed by atoms with Crippen molar-refractivity contribution in [2.45, 2.75) is 20.4 Å². The first-order chi connectivity index (χ1) is 7.94. The molecule has 0 unspecified atom stereocenters. The van der Waals surface area contributed by atoms with Gasteiger partial charge in [-0.05, 0) is 19.4 Å². The molecule has 0 fully saturated rings. The number of nitrogens with one attached hydrogen (secondary N) is 1. The molecule has 17 heavy (non-hydrogen) atoms. The van der Waals surface area contributed by atoms with Crippen LogP contribution in [0.15, 0.2) is 24.3 Å². The van der Waals surface area contributed by atoms with Gasteiger partial charge in [-0.2, -0.15) is 5.26 Å². The molecule has 0 saturated carbocycles. The van der Waals surface area contributed by atoms with E-state index in [-0.39, 0.29) is 5.69 Å². The summed E-state index contributed by atoms with van der Waals surface area (Å²) in [4.78, 5) is 10.2. The van der Waals surface area contributed by atoms with Gasteiger partial charge in [0.25, 0.3) is 5.69 Å². The zero-order valence-corrected chi connectivity index (χ0v) is 9.93. The van der Waals surface area contributed by atoms with E-state index in [1.165, 1.54) is 12.1 Å². The normalized spacial score (nSPS) is 10.9.